The van der Waals surface area contributed by atoms with Gasteiger partial charge in [0.15, 0.2) is 0 Å². The van der Waals surface area contributed by atoms with E-state index in [2.05, 4.69) is 40.1 Å². The van der Waals surface area contributed by atoms with Crippen LogP contribution in [0, 0.1) is 18.3 Å². The van der Waals surface area contributed by atoms with E-state index in [1.54, 1.807) is 6.20 Å². The molecule has 0 saturated heterocycles. The normalized spacial score (nSPS) is 22.0. The Morgan fingerprint density at radius 3 is 2.84 bits per heavy atom. The van der Waals surface area contributed by atoms with E-state index < -0.39 is 0 Å². The second kappa shape index (κ2) is 5.61. The maximum absolute atomic E-state index is 12.5. The lowest BCUT2D eigenvalue weighted by molar-refractivity contribution is -0.124. The van der Waals surface area contributed by atoms with Gasteiger partial charge in [0.25, 0.3) is 0 Å². The Balaban J connectivity index is 2.12. The number of rotatable bonds is 2. The van der Waals surface area contributed by atoms with E-state index in [4.69, 9.17) is 0 Å². The summed E-state index contributed by atoms with van der Waals surface area (Å²) in [6.45, 7) is 6.34. The van der Waals surface area contributed by atoms with Crippen molar-refractivity contribution in [3.63, 3.8) is 0 Å². The van der Waals surface area contributed by atoms with Gasteiger partial charge in [0.05, 0.1) is 0 Å². The van der Waals surface area contributed by atoms with Gasteiger partial charge in [-0.25, -0.2) is 4.98 Å². The molecule has 1 aliphatic carbocycles. The fourth-order valence-corrected chi connectivity index (χ4v) is 3.30. The highest BCUT2D eigenvalue weighted by molar-refractivity contribution is 9.10. The van der Waals surface area contributed by atoms with Crippen LogP contribution in [0.5, 0.6) is 0 Å². The summed E-state index contributed by atoms with van der Waals surface area (Å²) < 4.78 is 0.931. The molecule has 1 amide bonds. The quantitative estimate of drug-likeness (QED) is 0.880. The van der Waals surface area contributed by atoms with Crippen molar-refractivity contribution in [2.24, 2.45) is 11.3 Å². The second-order valence-corrected chi connectivity index (χ2v) is 7.01. The molecule has 1 N–H and O–H groups in total. The number of anilines is 1. The number of nitrogens with zero attached hydrogens (tertiary/aromatic N) is 1. The number of pyridine rings is 1. The van der Waals surface area contributed by atoms with Crippen molar-refractivity contribution in [1.29, 1.82) is 0 Å². The molecule has 1 aliphatic rings. The number of carbonyl (C=O) groups is 1. The van der Waals surface area contributed by atoms with Gasteiger partial charge < -0.3 is 5.32 Å². The number of nitrogens with one attached hydrogen (secondary N) is 1. The summed E-state index contributed by atoms with van der Waals surface area (Å²) in [7, 11) is 0. The van der Waals surface area contributed by atoms with E-state index in [-0.39, 0.29) is 17.2 Å². The average Bonchev–Trinajstić information content (AvgIpc) is 2.32. The SMILES string of the molecule is Cc1cc(Br)cnc1NC(=O)C1CCCCC1(C)C. The molecule has 0 aromatic carbocycles. The van der Waals surface area contributed by atoms with E-state index in [1.807, 2.05) is 13.0 Å². The third kappa shape index (κ3) is 3.35. The van der Waals surface area contributed by atoms with Crippen molar-refractivity contribution < 1.29 is 4.79 Å². The minimum Gasteiger partial charge on any atom is -0.310 e. The molecule has 1 saturated carbocycles. The molecule has 0 bridgehead atoms. The average molecular weight is 325 g/mol. The molecule has 1 heterocycles. The minimum atomic E-state index is 0.0889. The van der Waals surface area contributed by atoms with Crippen LogP contribution < -0.4 is 5.32 Å². The zero-order valence-corrected chi connectivity index (χ0v) is 13.4. The monoisotopic (exact) mass is 324 g/mol. The number of halogens is 1. The van der Waals surface area contributed by atoms with E-state index in [9.17, 15) is 4.79 Å². The predicted molar refractivity (Wildman–Crippen MR) is 81.0 cm³/mol. The van der Waals surface area contributed by atoms with Gasteiger partial charge in [-0.15, -0.1) is 0 Å². The first-order valence-corrected chi connectivity index (χ1v) is 7.62. The second-order valence-electron chi connectivity index (χ2n) is 6.10. The lowest BCUT2D eigenvalue weighted by Gasteiger charge is -2.37. The maximum atomic E-state index is 12.5. The number of carbonyl (C=O) groups excluding carboxylic acids is 1. The Labute approximate surface area is 123 Å². The Hall–Kier alpha value is -0.900. The summed E-state index contributed by atoms with van der Waals surface area (Å²) >= 11 is 3.38. The Morgan fingerprint density at radius 2 is 2.21 bits per heavy atom. The van der Waals surface area contributed by atoms with Crippen LogP contribution in [0.1, 0.15) is 45.1 Å². The molecule has 3 nitrogen and oxygen atoms in total. The highest BCUT2D eigenvalue weighted by atomic mass is 79.9. The topological polar surface area (TPSA) is 42.0 Å². The van der Waals surface area contributed by atoms with Gasteiger partial charge in [0.2, 0.25) is 5.91 Å². The van der Waals surface area contributed by atoms with Gasteiger partial charge in [-0.1, -0.05) is 26.7 Å². The summed E-state index contributed by atoms with van der Waals surface area (Å²) in [5.41, 5.74) is 1.07. The van der Waals surface area contributed by atoms with Crippen LogP contribution in [-0.2, 0) is 4.79 Å². The molecule has 1 atom stereocenters. The molecular weight excluding hydrogens is 304 g/mol. The summed E-state index contributed by atoms with van der Waals surface area (Å²) in [5.74, 6) is 0.878. The van der Waals surface area contributed by atoms with Crippen LogP contribution in [0.3, 0.4) is 0 Å². The third-order valence-corrected chi connectivity index (χ3v) is 4.54. The molecule has 0 radical (unpaired) electrons. The van der Waals surface area contributed by atoms with Crippen molar-refractivity contribution in [3.8, 4) is 0 Å². The van der Waals surface area contributed by atoms with Crippen molar-refractivity contribution in [2.75, 3.05) is 5.32 Å². The van der Waals surface area contributed by atoms with Gasteiger partial charge in [0.1, 0.15) is 5.82 Å². The molecule has 4 heteroatoms. The van der Waals surface area contributed by atoms with Crippen LogP contribution >= 0.6 is 15.9 Å². The summed E-state index contributed by atoms with van der Waals surface area (Å²) in [6.07, 6.45) is 6.20. The van der Waals surface area contributed by atoms with Crippen molar-refractivity contribution in [3.05, 3.63) is 22.3 Å². The molecule has 1 aromatic rings. The van der Waals surface area contributed by atoms with Crippen molar-refractivity contribution in [2.45, 2.75) is 46.5 Å². The standard InChI is InChI=1S/C15H21BrN2O/c1-10-8-11(16)9-17-13(10)18-14(19)12-6-4-5-7-15(12,2)3/h8-9,12H,4-7H2,1-3H3,(H,17,18,19). The molecule has 0 aliphatic heterocycles. The number of hydrogen-bond donors (Lipinski definition) is 1. The predicted octanol–water partition coefficient (Wildman–Crippen LogP) is 4.31. The molecule has 19 heavy (non-hydrogen) atoms. The largest absolute Gasteiger partial charge is 0.310 e. The van der Waals surface area contributed by atoms with Crippen LogP contribution in [0.25, 0.3) is 0 Å². The molecular formula is C15H21BrN2O. The van der Waals surface area contributed by atoms with Gasteiger partial charge in [-0.3, -0.25) is 4.79 Å². The van der Waals surface area contributed by atoms with Crippen LogP contribution in [0.15, 0.2) is 16.7 Å². The van der Waals surface area contributed by atoms with E-state index in [1.165, 1.54) is 6.42 Å². The number of aryl methyl sites for hydroxylation is 1. The molecule has 1 aromatic heterocycles. The van der Waals surface area contributed by atoms with E-state index >= 15 is 0 Å². The van der Waals surface area contributed by atoms with Crippen molar-refractivity contribution >= 4 is 27.7 Å². The highest BCUT2D eigenvalue weighted by Crippen LogP contribution is 2.41. The maximum Gasteiger partial charge on any atom is 0.229 e. The fourth-order valence-electron chi connectivity index (χ4n) is 2.86. The van der Waals surface area contributed by atoms with Gasteiger partial charge in [0, 0.05) is 16.6 Å². The van der Waals surface area contributed by atoms with E-state index in [0.717, 1.165) is 29.3 Å². The van der Waals surface area contributed by atoms with Gasteiger partial charge in [-0.2, -0.15) is 0 Å². The molecule has 2 rings (SSSR count). The number of aromatic nitrogens is 1. The first-order chi connectivity index (χ1) is 8.90. The fraction of sp³-hybridized carbons (Fsp3) is 0.600. The van der Waals surface area contributed by atoms with Crippen LogP contribution in [0.2, 0.25) is 0 Å². The molecule has 0 spiro atoms. The minimum absolute atomic E-state index is 0.0889. The lowest BCUT2D eigenvalue weighted by Crippen LogP contribution is -2.37. The van der Waals surface area contributed by atoms with Crippen LogP contribution in [0.4, 0.5) is 5.82 Å². The first kappa shape index (κ1) is 14.5. The number of hydrogen-bond acceptors (Lipinski definition) is 2. The van der Waals surface area contributed by atoms with Crippen molar-refractivity contribution in [1.82, 2.24) is 4.98 Å². The number of amides is 1. The summed E-state index contributed by atoms with van der Waals surface area (Å²) in [5, 5.41) is 2.99. The smallest absolute Gasteiger partial charge is 0.229 e. The first-order valence-electron chi connectivity index (χ1n) is 6.83. The lowest BCUT2D eigenvalue weighted by atomic mass is 9.68. The van der Waals surface area contributed by atoms with Crippen LogP contribution in [-0.4, -0.2) is 10.9 Å². The summed E-state index contributed by atoms with van der Waals surface area (Å²) in [4.78, 5) is 16.7. The van der Waals surface area contributed by atoms with Gasteiger partial charge in [-0.05, 0) is 52.7 Å². The highest BCUT2D eigenvalue weighted by Gasteiger charge is 2.37. The third-order valence-electron chi connectivity index (χ3n) is 4.11. The Bertz CT molecular complexity index is 485. The molecule has 104 valence electrons. The molecule has 1 fully saturated rings. The zero-order valence-electron chi connectivity index (χ0n) is 11.8. The summed E-state index contributed by atoms with van der Waals surface area (Å²) in [6, 6.07) is 1.97. The van der Waals surface area contributed by atoms with E-state index in [0.29, 0.717) is 5.82 Å². The Kier molecular flexibility index (Phi) is 4.29. The van der Waals surface area contributed by atoms with Gasteiger partial charge >= 0.3 is 0 Å². The Morgan fingerprint density at radius 1 is 1.47 bits per heavy atom. The zero-order chi connectivity index (χ0) is 14.0. The molecule has 1 unspecified atom stereocenters.